The number of hydrogen-bond donors (Lipinski definition) is 1. The van der Waals surface area contributed by atoms with Crippen LogP contribution in [-0.4, -0.2) is 43.7 Å². The highest BCUT2D eigenvalue weighted by atomic mass is 16.5. The predicted octanol–water partition coefficient (Wildman–Crippen LogP) is 2.13. The number of morpholine rings is 1. The molecule has 1 atom stereocenters. The van der Waals surface area contributed by atoms with Crippen LogP contribution in [0.3, 0.4) is 0 Å². The van der Waals surface area contributed by atoms with Gasteiger partial charge in [-0.1, -0.05) is 24.1 Å². The van der Waals surface area contributed by atoms with Crippen LogP contribution < -0.4 is 5.32 Å². The van der Waals surface area contributed by atoms with E-state index in [0.29, 0.717) is 19.8 Å². The van der Waals surface area contributed by atoms with Gasteiger partial charge in [0, 0.05) is 31.1 Å². The van der Waals surface area contributed by atoms with Gasteiger partial charge in [-0.25, -0.2) is 0 Å². The van der Waals surface area contributed by atoms with Crippen molar-refractivity contribution in [3.63, 3.8) is 0 Å². The Hall–Kier alpha value is -2.55. The minimum absolute atomic E-state index is 0.0138. The number of ether oxygens (including phenoxy) is 1. The molecule has 0 saturated carbocycles. The molecule has 130 valence electrons. The van der Waals surface area contributed by atoms with Crippen molar-refractivity contribution in [2.24, 2.45) is 0 Å². The molecule has 1 aliphatic rings. The third-order valence-electron chi connectivity index (χ3n) is 4.13. The summed E-state index contributed by atoms with van der Waals surface area (Å²) in [4.78, 5) is 14.4. The van der Waals surface area contributed by atoms with Gasteiger partial charge in [0.1, 0.15) is 11.5 Å². The van der Waals surface area contributed by atoms with E-state index in [-0.39, 0.29) is 11.9 Å². The van der Waals surface area contributed by atoms with Crippen LogP contribution in [0.1, 0.15) is 23.1 Å². The summed E-state index contributed by atoms with van der Waals surface area (Å²) in [6.07, 6.45) is 0. The first-order valence-electron chi connectivity index (χ1n) is 8.45. The first-order chi connectivity index (χ1) is 12.2. The Morgan fingerprint density at radius 3 is 2.64 bits per heavy atom. The van der Waals surface area contributed by atoms with Gasteiger partial charge in [-0.15, -0.1) is 0 Å². The predicted molar refractivity (Wildman–Crippen MR) is 94.9 cm³/mol. The van der Waals surface area contributed by atoms with E-state index < -0.39 is 0 Å². The minimum atomic E-state index is -0.287. The number of carbonyl (C=O) groups is 1. The van der Waals surface area contributed by atoms with E-state index in [9.17, 15) is 4.79 Å². The average Bonchev–Trinajstić information content (AvgIpc) is 3.08. The lowest BCUT2D eigenvalue weighted by Gasteiger charge is -2.33. The molecule has 1 N–H and O–H groups in total. The summed E-state index contributed by atoms with van der Waals surface area (Å²) in [5, 5.41) is 2.90. The number of nitrogens with one attached hydrogen (secondary N) is 1. The van der Waals surface area contributed by atoms with Crippen LogP contribution >= 0.6 is 0 Å². The zero-order valence-corrected chi connectivity index (χ0v) is 14.3. The quantitative estimate of drug-likeness (QED) is 0.868. The molecule has 1 fully saturated rings. The van der Waals surface area contributed by atoms with Crippen LogP contribution in [0.4, 0.5) is 0 Å². The molecule has 2 aromatic rings. The molecule has 0 radical (unpaired) electrons. The zero-order chi connectivity index (χ0) is 17.5. The maximum absolute atomic E-state index is 12.1. The molecule has 0 aliphatic carbocycles. The highest BCUT2D eigenvalue weighted by molar-refractivity contribution is 5.94. The van der Waals surface area contributed by atoms with Crippen molar-refractivity contribution in [3.05, 3.63) is 59.5 Å². The molecule has 1 aromatic heterocycles. The Balaban J connectivity index is 1.64. The first kappa shape index (κ1) is 17.3. The Morgan fingerprint density at radius 1 is 1.20 bits per heavy atom. The number of hydrogen-bond acceptors (Lipinski definition) is 4. The summed E-state index contributed by atoms with van der Waals surface area (Å²) in [5.74, 6) is 6.95. The van der Waals surface area contributed by atoms with Crippen LogP contribution in [0.15, 0.2) is 46.9 Å². The van der Waals surface area contributed by atoms with Crippen molar-refractivity contribution in [2.75, 3.05) is 32.8 Å². The molecule has 1 saturated heterocycles. The summed E-state index contributed by atoms with van der Waals surface area (Å²) in [6.45, 7) is 5.39. The van der Waals surface area contributed by atoms with E-state index in [2.05, 4.69) is 22.1 Å². The van der Waals surface area contributed by atoms with E-state index >= 15 is 0 Å². The minimum Gasteiger partial charge on any atom is -0.465 e. The molecule has 5 heteroatoms. The standard InChI is InChI=1S/C20H22N2O3/c1-16-7-9-19(25-16)18(22-11-13-24-14-12-22)15-21-20(23)10-8-17-5-3-2-4-6-17/h2-7,9,18H,11-15H2,1H3,(H,21,23). The summed E-state index contributed by atoms with van der Waals surface area (Å²) in [6, 6.07) is 13.4. The molecular formula is C20H22N2O3. The van der Waals surface area contributed by atoms with Gasteiger partial charge in [0.05, 0.1) is 19.3 Å². The molecule has 1 amide bonds. The van der Waals surface area contributed by atoms with E-state index in [1.807, 2.05) is 49.4 Å². The molecule has 0 spiro atoms. The molecule has 1 aliphatic heterocycles. The molecule has 25 heavy (non-hydrogen) atoms. The number of furan rings is 1. The molecular weight excluding hydrogens is 316 g/mol. The summed E-state index contributed by atoms with van der Waals surface area (Å²) in [7, 11) is 0. The van der Waals surface area contributed by atoms with Crippen molar-refractivity contribution in [1.29, 1.82) is 0 Å². The van der Waals surface area contributed by atoms with Crippen molar-refractivity contribution >= 4 is 5.91 Å². The highest BCUT2D eigenvalue weighted by Crippen LogP contribution is 2.23. The second-order valence-corrected chi connectivity index (χ2v) is 5.94. The Morgan fingerprint density at radius 2 is 1.96 bits per heavy atom. The van der Waals surface area contributed by atoms with Gasteiger partial charge in [0.2, 0.25) is 0 Å². The number of benzene rings is 1. The molecule has 5 nitrogen and oxygen atoms in total. The smallest absolute Gasteiger partial charge is 0.296 e. The molecule has 1 aromatic carbocycles. The normalized spacial score (nSPS) is 15.9. The van der Waals surface area contributed by atoms with Crippen molar-refractivity contribution in [3.8, 4) is 11.8 Å². The Kier molecular flexibility index (Phi) is 5.89. The van der Waals surface area contributed by atoms with Gasteiger partial charge in [-0.3, -0.25) is 9.69 Å². The van der Waals surface area contributed by atoms with Crippen molar-refractivity contribution in [1.82, 2.24) is 10.2 Å². The third-order valence-corrected chi connectivity index (χ3v) is 4.13. The van der Waals surface area contributed by atoms with Gasteiger partial charge in [0.15, 0.2) is 0 Å². The van der Waals surface area contributed by atoms with Crippen molar-refractivity contribution < 1.29 is 13.9 Å². The lowest BCUT2D eigenvalue weighted by Crippen LogP contribution is -2.43. The van der Waals surface area contributed by atoms with Gasteiger partial charge < -0.3 is 14.5 Å². The van der Waals surface area contributed by atoms with Gasteiger partial charge in [-0.05, 0) is 31.2 Å². The van der Waals surface area contributed by atoms with E-state index in [4.69, 9.17) is 9.15 Å². The fourth-order valence-corrected chi connectivity index (χ4v) is 2.82. The number of amides is 1. The first-order valence-corrected chi connectivity index (χ1v) is 8.45. The fraction of sp³-hybridized carbons (Fsp3) is 0.350. The number of carbonyl (C=O) groups excluding carboxylic acids is 1. The van der Waals surface area contributed by atoms with Crippen molar-refractivity contribution in [2.45, 2.75) is 13.0 Å². The zero-order valence-electron chi connectivity index (χ0n) is 14.3. The van der Waals surface area contributed by atoms with Crippen LogP contribution in [-0.2, 0) is 9.53 Å². The molecule has 3 rings (SSSR count). The summed E-state index contributed by atoms with van der Waals surface area (Å²) in [5.41, 5.74) is 0.823. The largest absolute Gasteiger partial charge is 0.465 e. The number of rotatable bonds is 4. The van der Waals surface area contributed by atoms with E-state index in [1.165, 1.54) is 0 Å². The van der Waals surface area contributed by atoms with Gasteiger partial charge >= 0.3 is 0 Å². The third kappa shape index (κ3) is 4.96. The monoisotopic (exact) mass is 338 g/mol. The SMILES string of the molecule is Cc1ccc(C(CNC(=O)C#Cc2ccccc2)N2CCOCC2)o1. The second kappa shape index (κ2) is 8.52. The van der Waals surface area contributed by atoms with E-state index in [0.717, 1.165) is 30.2 Å². The van der Waals surface area contributed by atoms with Crippen LogP contribution in [0.25, 0.3) is 0 Å². The summed E-state index contributed by atoms with van der Waals surface area (Å²) >= 11 is 0. The maximum atomic E-state index is 12.1. The van der Waals surface area contributed by atoms with Crippen LogP contribution in [0.2, 0.25) is 0 Å². The van der Waals surface area contributed by atoms with Gasteiger partial charge in [0.25, 0.3) is 5.91 Å². The van der Waals surface area contributed by atoms with Crippen LogP contribution in [0, 0.1) is 18.8 Å². The van der Waals surface area contributed by atoms with E-state index in [1.54, 1.807) is 0 Å². The molecule has 1 unspecified atom stereocenters. The summed E-state index contributed by atoms with van der Waals surface area (Å²) < 4.78 is 11.2. The Bertz CT molecular complexity index is 752. The fourth-order valence-electron chi connectivity index (χ4n) is 2.82. The maximum Gasteiger partial charge on any atom is 0.296 e. The van der Waals surface area contributed by atoms with Crippen LogP contribution in [0.5, 0.6) is 0 Å². The molecule has 0 bridgehead atoms. The average molecular weight is 338 g/mol. The number of nitrogens with zero attached hydrogens (tertiary/aromatic N) is 1. The number of aryl methyl sites for hydroxylation is 1. The topological polar surface area (TPSA) is 54.7 Å². The second-order valence-electron chi connectivity index (χ2n) is 5.94. The Labute approximate surface area is 148 Å². The lowest BCUT2D eigenvalue weighted by atomic mass is 10.1. The highest BCUT2D eigenvalue weighted by Gasteiger charge is 2.25. The van der Waals surface area contributed by atoms with Gasteiger partial charge in [-0.2, -0.15) is 0 Å². The lowest BCUT2D eigenvalue weighted by molar-refractivity contribution is -0.116. The molecule has 2 heterocycles.